The predicted octanol–water partition coefficient (Wildman–Crippen LogP) is 4.27. The topological polar surface area (TPSA) is 58.6 Å². The third-order valence-electron chi connectivity index (χ3n) is 4.45. The van der Waals surface area contributed by atoms with Crippen LogP contribution in [0.15, 0.2) is 48.5 Å². The molecule has 2 rings (SSSR count). The van der Waals surface area contributed by atoms with Crippen molar-refractivity contribution in [2.75, 3.05) is 18.4 Å². The number of nitrogens with zero attached hydrogens (tertiary/aromatic N) is 1. The Balaban J connectivity index is 2.11. The van der Waals surface area contributed by atoms with Gasteiger partial charge in [-0.15, -0.1) is 0 Å². The first kappa shape index (κ1) is 20.5. The minimum atomic E-state index is -0.603. The third-order valence-corrected chi connectivity index (χ3v) is 4.45. The second-order valence-electron chi connectivity index (χ2n) is 6.33. The van der Waals surface area contributed by atoms with Gasteiger partial charge in [-0.25, -0.2) is 0 Å². The lowest BCUT2D eigenvalue weighted by Gasteiger charge is -2.20. The van der Waals surface area contributed by atoms with Gasteiger partial charge >= 0.3 is 0 Å². The summed E-state index contributed by atoms with van der Waals surface area (Å²) in [5, 5.41) is 2.87. The maximum absolute atomic E-state index is 12.7. The molecule has 2 aromatic rings. The van der Waals surface area contributed by atoms with Crippen molar-refractivity contribution in [3.8, 4) is 5.75 Å². The summed E-state index contributed by atoms with van der Waals surface area (Å²) in [5.74, 6) is 0.428. The van der Waals surface area contributed by atoms with Crippen LogP contribution in [0.25, 0.3) is 0 Å². The standard InChI is InChI=1S/C22H28N2O3/c1-5-19(27-20-14-9-8-11-16(20)4)21(25)23-18-13-10-12-17(15-18)22(26)24(6-2)7-3/h8-15,19H,5-7H2,1-4H3,(H,23,25). The first-order chi connectivity index (χ1) is 13.0. The van der Waals surface area contributed by atoms with Crippen LogP contribution in [-0.4, -0.2) is 35.9 Å². The van der Waals surface area contributed by atoms with Gasteiger partial charge in [0.1, 0.15) is 5.75 Å². The molecule has 0 aliphatic heterocycles. The minimum Gasteiger partial charge on any atom is -0.480 e. The van der Waals surface area contributed by atoms with Crippen LogP contribution in [0, 0.1) is 6.92 Å². The fourth-order valence-corrected chi connectivity index (χ4v) is 2.81. The van der Waals surface area contributed by atoms with Crippen molar-refractivity contribution in [2.24, 2.45) is 0 Å². The number of carbonyl (C=O) groups excluding carboxylic acids is 2. The zero-order valence-corrected chi connectivity index (χ0v) is 16.5. The number of carbonyl (C=O) groups is 2. The number of hydrogen-bond acceptors (Lipinski definition) is 3. The average Bonchev–Trinajstić information content (AvgIpc) is 2.68. The Morgan fingerprint density at radius 1 is 1.04 bits per heavy atom. The van der Waals surface area contributed by atoms with Crippen molar-refractivity contribution >= 4 is 17.5 Å². The molecule has 0 aliphatic rings. The Labute approximate surface area is 161 Å². The molecule has 0 aromatic heterocycles. The van der Waals surface area contributed by atoms with Crippen LogP contribution in [0.5, 0.6) is 5.75 Å². The van der Waals surface area contributed by atoms with Gasteiger partial charge in [-0.1, -0.05) is 31.2 Å². The molecular formula is C22H28N2O3. The number of rotatable bonds is 8. The van der Waals surface area contributed by atoms with Gasteiger partial charge in [0.05, 0.1) is 0 Å². The summed E-state index contributed by atoms with van der Waals surface area (Å²) in [6, 6.07) is 14.6. The van der Waals surface area contributed by atoms with Gasteiger partial charge in [0.2, 0.25) is 0 Å². The molecule has 0 fully saturated rings. The van der Waals surface area contributed by atoms with E-state index in [1.165, 1.54) is 0 Å². The molecule has 5 nitrogen and oxygen atoms in total. The Morgan fingerprint density at radius 2 is 1.74 bits per heavy atom. The molecule has 0 radical (unpaired) electrons. The molecule has 0 aliphatic carbocycles. The lowest BCUT2D eigenvalue weighted by Crippen LogP contribution is -2.33. The number of benzene rings is 2. The van der Waals surface area contributed by atoms with Gasteiger partial charge in [0, 0.05) is 24.3 Å². The van der Waals surface area contributed by atoms with Crippen LogP contribution in [-0.2, 0) is 4.79 Å². The highest BCUT2D eigenvalue weighted by atomic mass is 16.5. The van der Waals surface area contributed by atoms with Crippen LogP contribution in [0.1, 0.15) is 43.1 Å². The van der Waals surface area contributed by atoms with E-state index in [-0.39, 0.29) is 11.8 Å². The van der Waals surface area contributed by atoms with Crippen LogP contribution in [0.3, 0.4) is 0 Å². The second-order valence-corrected chi connectivity index (χ2v) is 6.33. The van der Waals surface area contributed by atoms with Crippen LogP contribution >= 0.6 is 0 Å². The maximum atomic E-state index is 12.7. The maximum Gasteiger partial charge on any atom is 0.265 e. The molecule has 5 heteroatoms. The van der Waals surface area contributed by atoms with E-state index < -0.39 is 6.10 Å². The second kappa shape index (κ2) is 9.76. The van der Waals surface area contributed by atoms with E-state index in [1.807, 2.05) is 52.0 Å². The Kier molecular flexibility index (Phi) is 7.41. The number of aryl methyl sites for hydroxylation is 1. The van der Waals surface area contributed by atoms with Gasteiger partial charge in [0.25, 0.3) is 11.8 Å². The highest BCUT2D eigenvalue weighted by Gasteiger charge is 2.20. The Bertz CT molecular complexity index is 785. The summed E-state index contributed by atoms with van der Waals surface area (Å²) < 4.78 is 5.89. The minimum absolute atomic E-state index is 0.0423. The molecular weight excluding hydrogens is 340 g/mol. The summed E-state index contributed by atoms with van der Waals surface area (Å²) in [6.45, 7) is 9.04. The average molecular weight is 368 g/mol. The zero-order valence-electron chi connectivity index (χ0n) is 16.5. The van der Waals surface area contributed by atoms with Crippen molar-refractivity contribution in [2.45, 2.75) is 40.2 Å². The molecule has 0 saturated carbocycles. The van der Waals surface area contributed by atoms with E-state index in [9.17, 15) is 9.59 Å². The molecule has 27 heavy (non-hydrogen) atoms. The Hall–Kier alpha value is -2.82. The van der Waals surface area contributed by atoms with E-state index in [0.29, 0.717) is 36.5 Å². The monoisotopic (exact) mass is 368 g/mol. The SMILES string of the molecule is CCC(Oc1ccccc1C)C(=O)Nc1cccc(C(=O)N(CC)CC)c1. The van der Waals surface area contributed by atoms with E-state index in [0.717, 1.165) is 5.56 Å². The van der Waals surface area contributed by atoms with Gasteiger partial charge in [-0.2, -0.15) is 0 Å². The molecule has 0 bridgehead atoms. The van der Waals surface area contributed by atoms with Crippen molar-refractivity contribution in [3.63, 3.8) is 0 Å². The fraction of sp³-hybridized carbons (Fsp3) is 0.364. The lowest BCUT2D eigenvalue weighted by atomic mass is 10.1. The first-order valence-corrected chi connectivity index (χ1v) is 9.42. The molecule has 2 amide bonds. The van der Waals surface area contributed by atoms with Crippen molar-refractivity contribution < 1.29 is 14.3 Å². The summed E-state index contributed by atoms with van der Waals surface area (Å²) in [4.78, 5) is 26.9. The summed E-state index contributed by atoms with van der Waals surface area (Å²) in [5.41, 5.74) is 2.13. The van der Waals surface area contributed by atoms with Gasteiger partial charge in [-0.3, -0.25) is 9.59 Å². The normalized spacial score (nSPS) is 11.6. The number of hydrogen-bond donors (Lipinski definition) is 1. The quantitative estimate of drug-likeness (QED) is 0.757. The molecule has 0 heterocycles. The van der Waals surface area contributed by atoms with Crippen LogP contribution < -0.4 is 10.1 Å². The zero-order chi connectivity index (χ0) is 19.8. The summed E-state index contributed by atoms with van der Waals surface area (Å²) >= 11 is 0. The number of nitrogens with one attached hydrogen (secondary N) is 1. The van der Waals surface area contributed by atoms with Crippen molar-refractivity contribution in [3.05, 3.63) is 59.7 Å². The Morgan fingerprint density at radius 3 is 2.37 bits per heavy atom. The van der Waals surface area contributed by atoms with Gasteiger partial charge in [0.15, 0.2) is 6.10 Å². The molecule has 0 saturated heterocycles. The van der Waals surface area contributed by atoms with Crippen LogP contribution in [0.2, 0.25) is 0 Å². The highest BCUT2D eigenvalue weighted by molar-refractivity contribution is 5.98. The van der Waals surface area contributed by atoms with E-state index in [4.69, 9.17) is 4.74 Å². The summed E-state index contributed by atoms with van der Waals surface area (Å²) in [6.07, 6.45) is -0.0636. The number of amides is 2. The van der Waals surface area contributed by atoms with Gasteiger partial charge in [-0.05, 0) is 57.0 Å². The summed E-state index contributed by atoms with van der Waals surface area (Å²) in [7, 11) is 0. The van der Waals surface area contributed by atoms with Gasteiger partial charge < -0.3 is 15.0 Å². The number of para-hydroxylation sites is 1. The number of anilines is 1. The molecule has 1 atom stereocenters. The van der Waals surface area contributed by atoms with Crippen molar-refractivity contribution in [1.29, 1.82) is 0 Å². The van der Waals surface area contributed by atoms with E-state index >= 15 is 0 Å². The van der Waals surface area contributed by atoms with E-state index in [2.05, 4.69) is 5.32 Å². The fourth-order valence-electron chi connectivity index (χ4n) is 2.81. The first-order valence-electron chi connectivity index (χ1n) is 9.42. The highest BCUT2D eigenvalue weighted by Crippen LogP contribution is 2.20. The predicted molar refractivity (Wildman–Crippen MR) is 108 cm³/mol. The smallest absolute Gasteiger partial charge is 0.265 e. The molecule has 0 spiro atoms. The number of ether oxygens (including phenoxy) is 1. The lowest BCUT2D eigenvalue weighted by molar-refractivity contribution is -0.122. The third kappa shape index (κ3) is 5.33. The molecule has 1 unspecified atom stereocenters. The largest absolute Gasteiger partial charge is 0.480 e. The van der Waals surface area contributed by atoms with Crippen molar-refractivity contribution in [1.82, 2.24) is 4.90 Å². The van der Waals surface area contributed by atoms with E-state index in [1.54, 1.807) is 29.2 Å². The molecule has 144 valence electrons. The molecule has 1 N–H and O–H groups in total. The molecule has 2 aromatic carbocycles. The van der Waals surface area contributed by atoms with Crippen LogP contribution in [0.4, 0.5) is 5.69 Å².